The van der Waals surface area contributed by atoms with Crippen molar-refractivity contribution in [3.8, 4) is 0 Å². The number of anilines is 2. The molecule has 0 fully saturated rings. The second-order valence-electron chi connectivity index (χ2n) is 5.55. The quantitative estimate of drug-likeness (QED) is 0.616. The van der Waals surface area contributed by atoms with Gasteiger partial charge in [-0.1, -0.05) is 13.8 Å². The number of nitrogens with zero attached hydrogens (tertiary/aromatic N) is 1. The van der Waals surface area contributed by atoms with E-state index in [0.717, 1.165) is 12.2 Å². The predicted molar refractivity (Wildman–Crippen MR) is 83.0 cm³/mol. The van der Waals surface area contributed by atoms with Crippen molar-refractivity contribution in [3.63, 3.8) is 0 Å². The molecule has 0 saturated carbocycles. The fourth-order valence-electron chi connectivity index (χ4n) is 1.96. The van der Waals surface area contributed by atoms with Crippen LogP contribution in [0.25, 0.3) is 0 Å². The Morgan fingerprint density at radius 2 is 2.05 bits per heavy atom. The average Bonchev–Trinajstić information content (AvgIpc) is 2.38. The second kappa shape index (κ2) is 7.14. The molecule has 0 bridgehead atoms. The first kappa shape index (κ1) is 16.3. The van der Waals surface area contributed by atoms with Gasteiger partial charge in [0, 0.05) is 24.0 Å². The molecule has 0 aliphatic carbocycles. The number of nitrogens with two attached hydrogens (primary N) is 1. The highest BCUT2D eigenvalue weighted by Crippen LogP contribution is 2.20. The van der Waals surface area contributed by atoms with E-state index >= 15 is 0 Å². The Kier molecular flexibility index (Phi) is 5.82. The highest BCUT2D eigenvalue weighted by Gasteiger charge is 2.16. The van der Waals surface area contributed by atoms with Crippen molar-refractivity contribution in [2.24, 2.45) is 5.92 Å². The zero-order valence-corrected chi connectivity index (χ0v) is 12.9. The first-order valence-corrected chi connectivity index (χ1v) is 6.74. The van der Waals surface area contributed by atoms with Crippen LogP contribution in [0, 0.1) is 5.92 Å². The highest BCUT2D eigenvalue weighted by atomic mass is 16.5. The van der Waals surface area contributed by atoms with Crippen LogP contribution in [0.5, 0.6) is 0 Å². The number of nitrogens with one attached hydrogen (secondary N) is 1. The number of hydrogen-bond acceptors (Lipinski definition) is 5. The van der Waals surface area contributed by atoms with E-state index in [1.807, 2.05) is 20.2 Å². The molecule has 0 heterocycles. The van der Waals surface area contributed by atoms with Gasteiger partial charge in [-0.2, -0.15) is 0 Å². The number of methoxy groups -OCH3 is 1. The molecular weight excluding hydrogens is 254 g/mol. The minimum atomic E-state index is -0.417. The summed E-state index contributed by atoms with van der Waals surface area (Å²) in [4.78, 5) is 13.8. The van der Waals surface area contributed by atoms with Crippen LogP contribution >= 0.6 is 0 Å². The maximum Gasteiger partial charge on any atom is 0.340 e. The summed E-state index contributed by atoms with van der Waals surface area (Å²) >= 11 is 0. The van der Waals surface area contributed by atoms with Crippen molar-refractivity contribution in [1.82, 2.24) is 4.90 Å². The van der Waals surface area contributed by atoms with Crippen LogP contribution in [0.3, 0.4) is 0 Å². The lowest BCUT2D eigenvalue weighted by Crippen LogP contribution is -2.36. The topological polar surface area (TPSA) is 67.6 Å². The summed E-state index contributed by atoms with van der Waals surface area (Å²) in [6.45, 7) is 5.25. The summed E-state index contributed by atoms with van der Waals surface area (Å²) in [5, 5.41) is 3.45. The third-order valence-electron chi connectivity index (χ3n) is 3.18. The van der Waals surface area contributed by atoms with Gasteiger partial charge in [0.15, 0.2) is 0 Å². The molecule has 1 aromatic rings. The SMILES string of the molecule is COC(=O)c1cc(NC(CN(C)C)C(C)C)ccc1N. The van der Waals surface area contributed by atoms with Crippen molar-refractivity contribution in [1.29, 1.82) is 0 Å². The molecule has 0 aromatic heterocycles. The number of carbonyl (C=O) groups is 1. The number of esters is 1. The van der Waals surface area contributed by atoms with E-state index in [4.69, 9.17) is 10.5 Å². The van der Waals surface area contributed by atoms with Gasteiger partial charge in [0.05, 0.1) is 12.7 Å². The fraction of sp³-hybridized carbons (Fsp3) is 0.533. The van der Waals surface area contributed by atoms with Crippen LogP contribution in [-0.4, -0.2) is 44.7 Å². The summed E-state index contributed by atoms with van der Waals surface area (Å²) < 4.78 is 4.73. The molecule has 5 heteroatoms. The number of hydrogen-bond donors (Lipinski definition) is 2. The number of carbonyl (C=O) groups excluding carboxylic acids is 1. The van der Waals surface area contributed by atoms with E-state index in [-0.39, 0.29) is 0 Å². The summed E-state index contributed by atoms with van der Waals surface area (Å²) in [6.07, 6.45) is 0. The lowest BCUT2D eigenvalue weighted by Gasteiger charge is -2.27. The molecule has 112 valence electrons. The second-order valence-corrected chi connectivity index (χ2v) is 5.55. The van der Waals surface area contributed by atoms with E-state index in [9.17, 15) is 4.79 Å². The van der Waals surface area contributed by atoms with E-state index in [1.54, 1.807) is 12.1 Å². The molecule has 20 heavy (non-hydrogen) atoms. The molecule has 0 spiro atoms. The summed E-state index contributed by atoms with van der Waals surface area (Å²) in [6, 6.07) is 5.64. The Bertz CT molecular complexity index is 458. The van der Waals surface area contributed by atoms with Crippen molar-refractivity contribution in [3.05, 3.63) is 23.8 Å². The number of ether oxygens (including phenoxy) is 1. The van der Waals surface area contributed by atoms with Gasteiger partial charge in [-0.3, -0.25) is 0 Å². The van der Waals surface area contributed by atoms with Gasteiger partial charge in [-0.25, -0.2) is 4.79 Å². The Labute approximate surface area is 121 Å². The fourth-order valence-corrected chi connectivity index (χ4v) is 1.96. The number of rotatable bonds is 6. The van der Waals surface area contributed by atoms with Gasteiger partial charge in [0.1, 0.15) is 0 Å². The average molecular weight is 279 g/mol. The number of benzene rings is 1. The van der Waals surface area contributed by atoms with Crippen molar-refractivity contribution < 1.29 is 9.53 Å². The van der Waals surface area contributed by atoms with Gasteiger partial charge in [0.2, 0.25) is 0 Å². The standard InChI is InChI=1S/C15H25N3O2/c1-10(2)14(9-18(3)4)17-11-6-7-13(16)12(8-11)15(19)20-5/h6-8,10,14,17H,9,16H2,1-5H3. The van der Waals surface area contributed by atoms with E-state index < -0.39 is 5.97 Å². The van der Waals surface area contributed by atoms with E-state index in [1.165, 1.54) is 7.11 Å². The molecular formula is C15H25N3O2. The maximum atomic E-state index is 11.6. The Balaban J connectivity index is 2.93. The Hall–Kier alpha value is -1.75. The monoisotopic (exact) mass is 279 g/mol. The number of likely N-dealkylation sites (N-methyl/N-ethyl adjacent to an activating group) is 1. The third-order valence-corrected chi connectivity index (χ3v) is 3.18. The molecule has 0 aliphatic heterocycles. The maximum absolute atomic E-state index is 11.6. The molecule has 0 radical (unpaired) electrons. The summed E-state index contributed by atoms with van der Waals surface area (Å²) in [7, 11) is 5.44. The molecule has 0 saturated heterocycles. The van der Waals surface area contributed by atoms with Crippen molar-refractivity contribution in [2.75, 3.05) is 38.8 Å². The minimum absolute atomic E-state index is 0.291. The predicted octanol–water partition coefficient (Wildman–Crippen LogP) is 2.05. The van der Waals surface area contributed by atoms with Crippen molar-refractivity contribution in [2.45, 2.75) is 19.9 Å². The van der Waals surface area contributed by atoms with Gasteiger partial charge >= 0.3 is 5.97 Å². The Morgan fingerprint density at radius 1 is 1.40 bits per heavy atom. The smallest absolute Gasteiger partial charge is 0.340 e. The third kappa shape index (κ3) is 4.42. The minimum Gasteiger partial charge on any atom is -0.465 e. The lowest BCUT2D eigenvalue weighted by molar-refractivity contribution is 0.0602. The largest absolute Gasteiger partial charge is 0.465 e. The zero-order valence-electron chi connectivity index (χ0n) is 12.9. The van der Waals surface area contributed by atoms with E-state index in [0.29, 0.717) is 23.2 Å². The Morgan fingerprint density at radius 3 is 2.55 bits per heavy atom. The summed E-state index contributed by atoms with van der Waals surface area (Å²) in [5.41, 5.74) is 7.50. The first-order chi connectivity index (χ1) is 9.35. The van der Waals surface area contributed by atoms with Crippen LogP contribution < -0.4 is 11.1 Å². The van der Waals surface area contributed by atoms with Crippen LogP contribution in [0.1, 0.15) is 24.2 Å². The molecule has 1 unspecified atom stereocenters. The zero-order chi connectivity index (χ0) is 15.3. The van der Waals surface area contributed by atoms with Crippen LogP contribution in [0.4, 0.5) is 11.4 Å². The molecule has 5 nitrogen and oxygen atoms in total. The van der Waals surface area contributed by atoms with Crippen LogP contribution in [-0.2, 0) is 4.74 Å². The molecule has 0 amide bonds. The first-order valence-electron chi connectivity index (χ1n) is 6.74. The van der Waals surface area contributed by atoms with Crippen LogP contribution in [0.15, 0.2) is 18.2 Å². The molecule has 1 atom stereocenters. The van der Waals surface area contributed by atoms with Crippen molar-refractivity contribution >= 4 is 17.3 Å². The van der Waals surface area contributed by atoms with Crippen LogP contribution in [0.2, 0.25) is 0 Å². The summed E-state index contributed by atoms with van der Waals surface area (Å²) in [5.74, 6) is 0.0522. The molecule has 1 rings (SSSR count). The molecule has 3 N–H and O–H groups in total. The molecule has 1 aromatic carbocycles. The van der Waals surface area contributed by atoms with Gasteiger partial charge in [0.25, 0.3) is 0 Å². The molecule has 0 aliphatic rings. The normalized spacial score (nSPS) is 12.6. The lowest BCUT2D eigenvalue weighted by atomic mass is 10.0. The highest BCUT2D eigenvalue weighted by molar-refractivity contribution is 5.96. The van der Waals surface area contributed by atoms with Gasteiger partial charge in [-0.05, 0) is 38.2 Å². The van der Waals surface area contributed by atoms with Gasteiger partial charge in [-0.15, -0.1) is 0 Å². The van der Waals surface area contributed by atoms with E-state index in [2.05, 4.69) is 24.1 Å². The number of nitrogen functional groups attached to an aromatic ring is 1. The van der Waals surface area contributed by atoms with Gasteiger partial charge < -0.3 is 20.7 Å².